The first-order chi connectivity index (χ1) is 7.77. The predicted molar refractivity (Wildman–Crippen MR) is 55.7 cm³/mol. The Morgan fingerprint density at radius 2 is 1.88 bits per heavy atom. The Labute approximate surface area is 98.9 Å². The molecule has 0 radical (unpaired) electrons. The van der Waals surface area contributed by atoms with Crippen LogP contribution in [0.15, 0.2) is 0 Å². The van der Waals surface area contributed by atoms with Crippen molar-refractivity contribution in [3.8, 4) is 0 Å². The van der Waals surface area contributed by atoms with Gasteiger partial charge in [-0.15, -0.1) is 0 Å². The summed E-state index contributed by atoms with van der Waals surface area (Å²) >= 11 is 0. The molecule has 0 aromatic carbocycles. The summed E-state index contributed by atoms with van der Waals surface area (Å²) in [5.41, 5.74) is -0.743. The summed E-state index contributed by atoms with van der Waals surface area (Å²) in [6.45, 7) is 1.26. The van der Waals surface area contributed by atoms with E-state index in [9.17, 15) is 22.6 Å². The van der Waals surface area contributed by atoms with Crippen LogP contribution in [0.25, 0.3) is 0 Å². The molecule has 0 aromatic rings. The van der Waals surface area contributed by atoms with E-state index in [-0.39, 0.29) is 6.42 Å². The molecule has 0 aromatic heterocycles. The van der Waals surface area contributed by atoms with Crippen molar-refractivity contribution in [3.63, 3.8) is 0 Å². The van der Waals surface area contributed by atoms with Gasteiger partial charge in [0.25, 0.3) is 0 Å². The topological polar surface area (TPSA) is 49.4 Å². The van der Waals surface area contributed by atoms with Gasteiger partial charge in [0, 0.05) is 5.66 Å². The SMILES string of the molecule is CCC(OP(=O)([O-])C1CCCCC1)C(F)(F)F. The Morgan fingerprint density at radius 3 is 2.29 bits per heavy atom. The summed E-state index contributed by atoms with van der Waals surface area (Å²) in [5, 5.41) is 0. The lowest BCUT2D eigenvalue weighted by Crippen LogP contribution is -2.34. The van der Waals surface area contributed by atoms with E-state index in [1.54, 1.807) is 0 Å². The number of hydrogen-bond donors (Lipinski definition) is 0. The number of rotatable bonds is 4. The third kappa shape index (κ3) is 4.27. The maximum absolute atomic E-state index is 12.4. The normalized spacial score (nSPS) is 24.3. The van der Waals surface area contributed by atoms with Gasteiger partial charge in [0.15, 0.2) is 6.10 Å². The van der Waals surface area contributed by atoms with Crippen LogP contribution in [0.3, 0.4) is 0 Å². The first-order valence-electron chi connectivity index (χ1n) is 5.83. The zero-order valence-electron chi connectivity index (χ0n) is 9.70. The molecule has 1 rings (SSSR count). The molecule has 0 bridgehead atoms. The quantitative estimate of drug-likeness (QED) is 0.739. The van der Waals surface area contributed by atoms with E-state index in [1.165, 1.54) is 6.92 Å². The molecule has 3 nitrogen and oxygen atoms in total. The van der Waals surface area contributed by atoms with Crippen LogP contribution in [0, 0.1) is 0 Å². The van der Waals surface area contributed by atoms with Gasteiger partial charge in [-0.05, 0) is 19.3 Å². The third-order valence-corrected chi connectivity index (χ3v) is 4.99. The van der Waals surface area contributed by atoms with Crippen molar-refractivity contribution >= 4 is 7.60 Å². The smallest absolute Gasteiger partial charge is 0.415 e. The first kappa shape index (κ1) is 15.0. The lowest BCUT2D eigenvalue weighted by molar-refractivity contribution is -0.240. The van der Waals surface area contributed by atoms with Crippen LogP contribution in [0.1, 0.15) is 45.4 Å². The Bertz CT molecular complexity index is 287. The fourth-order valence-electron chi connectivity index (χ4n) is 2.03. The molecule has 1 fully saturated rings. The molecule has 1 saturated carbocycles. The van der Waals surface area contributed by atoms with Crippen molar-refractivity contribution < 1.29 is 27.2 Å². The molecule has 0 saturated heterocycles. The maximum atomic E-state index is 12.4. The van der Waals surface area contributed by atoms with Crippen LogP contribution in [-0.4, -0.2) is 17.9 Å². The molecule has 0 aliphatic heterocycles. The Balaban J connectivity index is 2.66. The molecule has 17 heavy (non-hydrogen) atoms. The zero-order valence-corrected chi connectivity index (χ0v) is 10.6. The lowest BCUT2D eigenvalue weighted by atomic mass is 10.0. The monoisotopic (exact) mass is 273 g/mol. The molecule has 2 atom stereocenters. The minimum absolute atomic E-state index is 0.386. The van der Waals surface area contributed by atoms with Crippen molar-refractivity contribution in [2.24, 2.45) is 0 Å². The van der Waals surface area contributed by atoms with Crippen LogP contribution in [0.5, 0.6) is 0 Å². The Morgan fingerprint density at radius 1 is 1.35 bits per heavy atom. The summed E-state index contributed by atoms with van der Waals surface area (Å²) in [4.78, 5) is 11.7. The highest BCUT2D eigenvalue weighted by atomic mass is 31.2. The predicted octanol–water partition coefficient (Wildman–Crippen LogP) is 3.23. The van der Waals surface area contributed by atoms with Gasteiger partial charge in [-0.2, -0.15) is 13.2 Å². The fourth-order valence-corrected chi connectivity index (χ4v) is 3.82. The first-order valence-corrected chi connectivity index (χ1v) is 7.44. The minimum atomic E-state index is -4.62. The molecule has 0 spiro atoms. The van der Waals surface area contributed by atoms with Gasteiger partial charge in [0.2, 0.25) is 0 Å². The van der Waals surface area contributed by atoms with E-state index in [0.29, 0.717) is 12.8 Å². The van der Waals surface area contributed by atoms with Crippen LogP contribution in [0.4, 0.5) is 13.2 Å². The summed E-state index contributed by atoms with van der Waals surface area (Å²) in [7, 11) is -4.41. The van der Waals surface area contributed by atoms with Crippen LogP contribution in [-0.2, 0) is 9.09 Å². The minimum Gasteiger partial charge on any atom is -0.778 e. The molecule has 0 heterocycles. The number of hydrogen-bond acceptors (Lipinski definition) is 3. The van der Waals surface area contributed by atoms with Gasteiger partial charge < -0.3 is 14.0 Å². The third-order valence-electron chi connectivity index (χ3n) is 3.03. The largest absolute Gasteiger partial charge is 0.778 e. The highest BCUT2D eigenvalue weighted by Crippen LogP contribution is 2.52. The molecule has 0 amide bonds. The molecule has 0 N–H and O–H groups in total. The summed E-state index contributed by atoms with van der Waals surface area (Å²) in [6, 6.07) is 0. The summed E-state index contributed by atoms with van der Waals surface area (Å²) in [5.74, 6) is 0. The van der Waals surface area contributed by atoms with E-state index in [1.807, 2.05) is 0 Å². The van der Waals surface area contributed by atoms with Crippen LogP contribution < -0.4 is 4.89 Å². The highest BCUT2D eigenvalue weighted by molar-refractivity contribution is 7.52. The second-order valence-electron chi connectivity index (χ2n) is 4.38. The lowest BCUT2D eigenvalue weighted by Gasteiger charge is -2.37. The summed E-state index contributed by atoms with van der Waals surface area (Å²) < 4.78 is 53.4. The molecular weight excluding hydrogens is 256 g/mol. The van der Waals surface area contributed by atoms with Crippen molar-refractivity contribution in [1.82, 2.24) is 0 Å². The van der Waals surface area contributed by atoms with Gasteiger partial charge in [0.05, 0.1) is 0 Å². The molecule has 1 aliphatic carbocycles. The van der Waals surface area contributed by atoms with E-state index >= 15 is 0 Å². The van der Waals surface area contributed by atoms with Gasteiger partial charge in [-0.25, -0.2) is 0 Å². The van der Waals surface area contributed by atoms with Gasteiger partial charge in [-0.1, -0.05) is 26.2 Å². The number of alkyl halides is 3. The van der Waals surface area contributed by atoms with E-state index < -0.39 is 25.5 Å². The average molecular weight is 273 g/mol. The highest BCUT2D eigenvalue weighted by Gasteiger charge is 2.42. The van der Waals surface area contributed by atoms with E-state index in [4.69, 9.17) is 0 Å². The Kier molecular flexibility index (Phi) is 5.05. The second-order valence-corrected chi connectivity index (χ2v) is 6.40. The van der Waals surface area contributed by atoms with Crippen molar-refractivity contribution in [2.45, 2.75) is 63.4 Å². The fraction of sp³-hybridized carbons (Fsp3) is 1.00. The van der Waals surface area contributed by atoms with Crippen molar-refractivity contribution in [1.29, 1.82) is 0 Å². The maximum Gasteiger partial charge on any atom is 0.415 e. The molecule has 102 valence electrons. The van der Waals surface area contributed by atoms with Crippen LogP contribution >= 0.6 is 7.60 Å². The summed E-state index contributed by atoms with van der Waals surface area (Å²) in [6.07, 6.45) is -3.97. The van der Waals surface area contributed by atoms with Gasteiger partial charge in [-0.3, -0.25) is 0 Å². The molecular formula is C10H17F3O3P-. The molecule has 1 aliphatic rings. The Hall–Kier alpha value is -0.0600. The van der Waals surface area contributed by atoms with E-state index in [2.05, 4.69) is 4.52 Å². The van der Waals surface area contributed by atoms with Gasteiger partial charge in [0.1, 0.15) is 7.60 Å². The van der Waals surface area contributed by atoms with E-state index in [0.717, 1.165) is 19.3 Å². The van der Waals surface area contributed by atoms with Crippen molar-refractivity contribution in [2.75, 3.05) is 0 Å². The zero-order chi connectivity index (χ0) is 13.1. The standard InChI is InChI=1S/C10H18F3O3P/c1-2-9(10(11,12)13)16-17(14,15)8-6-4-3-5-7-8/h8-9H,2-7H2,1H3,(H,14,15)/p-1. The van der Waals surface area contributed by atoms with Crippen LogP contribution in [0.2, 0.25) is 0 Å². The average Bonchev–Trinajstić information content (AvgIpc) is 2.25. The molecule has 7 heteroatoms. The van der Waals surface area contributed by atoms with Crippen molar-refractivity contribution in [3.05, 3.63) is 0 Å². The second kappa shape index (κ2) is 5.72. The van der Waals surface area contributed by atoms with Gasteiger partial charge >= 0.3 is 6.18 Å². The molecule has 2 unspecified atom stereocenters. The number of halogens is 3.